The van der Waals surface area contributed by atoms with Gasteiger partial charge < -0.3 is 10.0 Å². The van der Waals surface area contributed by atoms with Gasteiger partial charge in [-0.25, -0.2) is 0 Å². The van der Waals surface area contributed by atoms with Crippen LogP contribution in [0.3, 0.4) is 0 Å². The van der Waals surface area contributed by atoms with Crippen molar-refractivity contribution in [2.24, 2.45) is 0 Å². The molecule has 1 aliphatic heterocycles. The van der Waals surface area contributed by atoms with Gasteiger partial charge in [0, 0.05) is 12.3 Å². The number of carbonyl (C=O) groups excluding carboxylic acids is 1. The molecule has 1 amide bonds. The zero-order chi connectivity index (χ0) is 17.9. The van der Waals surface area contributed by atoms with E-state index in [1.165, 1.54) is 0 Å². The molecule has 4 heteroatoms. The predicted molar refractivity (Wildman–Crippen MR) is 96.4 cm³/mol. The van der Waals surface area contributed by atoms with Crippen LogP contribution in [-0.4, -0.2) is 33.6 Å². The molecule has 1 N–H and O–H groups in total. The lowest BCUT2D eigenvalue weighted by Crippen LogP contribution is -2.35. The molecule has 1 saturated heterocycles. The monoisotopic (exact) mass is 344 g/mol. The first-order valence-electron chi connectivity index (χ1n) is 9.26. The lowest BCUT2D eigenvalue weighted by Gasteiger charge is -2.24. The normalized spacial score (nSPS) is 31.9. The summed E-state index contributed by atoms with van der Waals surface area (Å²) < 4.78 is 0. The average Bonchev–Trinajstić information content (AvgIpc) is 2.99. The number of nitriles is 1. The van der Waals surface area contributed by atoms with Gasteiger partial charge in [0.05, 0.1) is 23.8 Å². The van der Waals surface area contributed by atoms with Crippen LogP contribution in [0.25, 0.3) is 0 Å². The van der Waals surface area contributed by atoms with E-state index in [2.05, 4.69) is 18.2 Å². The highest BCUT2D eigenvalue weighted by atomic mass is 16.3. The molecule has 2 fully saturated rings. The zero-order valence-corrected chi connectivity index (χ0v) is 14.4. The Bertz CT molecular complexity index is 933. The molecule has 1 spiro atoms. The first-order valence-corrected chi connectivity index (χ1v) is 9.26. The average molecular weight is 344 g/mol. The first kappa shape index (κ1) is 15.6. The van der Waals surface area contributed by atoms with Crippen LogP contribution in [-0.2, 0) is 11.2 Å². The number of carbonyl (C=O) groups is 1. The van der Waals surface area contributed by atoms with Crippen molar-refractivity contribution in [3.05, 3.63) is 70.8 Å². The molecule has 26 heavy (non-hydrogen) atoms. The number of rotatable bonds is 2. The third kappa shape index (κ3) is 1.95. The highest BCUT2D eigenvalue weighted by molar-refractivity contribution is 6.06. The lowest BCUT2D eigenvalue weighted by atomic mass is 9.84. The van der Waals surface area contributed by atoms with E-state index >= 15 is 0 Å². The molecule has 0 aromatic heterocycles. The van der Waals surface area contributed by atoms with Gasteiger partial charge in [-0.15, -0.1) is 0 Å². The Kier molecular flexibility index (Phi) is 3.26. The molecule has 3 aliphatic rings. The molecular weight excluding hydrogens is 324 g/mol. The van der Waals surface area contributed by atoms with Crippen molar-refractivity contribution in [2.75, 3.05) is 0 Å². The van der Waals surface area contributed by atoms with Crippen molar-refractivity contribution < 1.29 is 9.90 Å². The molecule has 1 saturated carbocycles. The standard InChI is InChI=1S/C22H20N2O2/c23-13-14-9-10-16-12-22(21(26)24(22)18-7-4-8-19(18)25)20(17(16)11-14)15-5-2-1-3-6-15/h1-3,5-6,9-11,18-20,25H,4,7-8,12H2/t18-,19-,20-,22-,24?/m0/s1. The Morgan fingerprint density at radius 2 is 1.96 bits per heavy atom. The van der Waals surface area contributed by atoms with Crippen molar-refractivity contribution in [3.8, 4) is 6.07 Å². The molecule has 1 heterocycles. The summed E-state index contributed by atoms with van der Waals surface area (Å²) >= 11 is 0. The number of aliphatic hydroxyl groups excluding tert-OH is 1. The maximum Gasteiger partial charge on any atom is 0.251 e. The molecule has 2 aromatic rings. The van der Waals surface area contributed by atoms with Crippen molar-refractivity contribution in [1.29, 1.82) is 5.26 Å². The minimum atomic E-state index is -0.590. The van der Waals surface area contributed by atoms with Crippen LogP contribution in [0.15, 0.2) is 48.5 Å². The Labute approximate surface area is 152 Å². The Morgan fingerprint density at radius 3 is 2.65 bits per heavy atom. The van der Waals surface area contributed by atoms with Crippen LogP contribution in [0.2, 0.25) is 0 Å². The van der Waals surface area contributed by atoms with E-state index in [1.54, 1.807) is 0 Å². The molecule has 130 valence electrons. The third-order valence-electron chi connectivity index (χ3n) is 6.40. The SMILES string of the molecule is N#Cc1ccc2c(c1)[C@H](c1ccccc1)[C@@]1(C2)C(=O)N1[C@H]1CCC[C@@H]1O. The molecule has 0 radical (unpaired) electrons. The number of hydrogen-bond acceptors (Lipinski definition) is 3. The van der Waals surface area contributed by atoms with Crippen molar-refractivity contribution in [2.45, 2.75) is 49.3 Å². The summed E-state index contributed by atoms with van der Waals surface area (Å²) in [4.78, 5) is 15.1. The van der Waals surface area contributed by atoms with Gasteiger partial charge in [-0.2, -0.15) is 5.26 Å². The van der Waals surface area contributed by atoms with Crippen LogP contribution >= 0.6 is 0 Å². The van der Waals surface area contributed by atoms with Crippen LogP contribution in [0.5, 0.6) is 0 Å². The minimum Gasteiger partial charge on any atom is -0.391 e. The molecule has 4 nitrogen and oxygen atoms in total. The number of hydrogen-bond donors (Lipinski definition) is 1. The van der Waals surface area contributed by atoms with Crippen LogP contribution in [0, 0.1) is 11.3 Å². The summed E-state index contributed by atoms with van der Waals surface area (Å²) in [7, 11) is 0. The van der Waals surface area contributed by atoms with E-state index < -0.39 is 11.6 Å². The van der Waals surface area contributed by atoms with Gasteiger partial charge in [0.1, 0.15) is 5.54 Å². The van der Waals surface area contributed by atoms with Crippen LogP contribution < -0.4 is 0 Å². The number of fused-ring (bicyclic) bond motifs is 1. The number of nitrogens with zero attached hydrogens (tertiary/aromatic N) is 2. The van der Waals surface area contributed by atoms with Gasteiger partial charge in [-0.05, 0) is 48.1 Å². The Hall–Kier alpha value is -2.64. The summed E-state index contributed by atoms with van der Waals surface area (Å²) in [5.41, 5.74) is 3.36. The second-order valence-corrected chi connectivity index (χ2v) is 7.71. The second kappa shape index (κ2) is 5.43. The summed E-state index contributed by atoms with van der Waals surface area (Å²) in [6.07, 6.45) is 2.85. The number of amides is 1. The van der Waals surface area contributed by atoms with E-state index in [1.807, 2.05) is 41.3 Å². The number of aliphatic hydroxyl groups is 1. The fourth-order valence-electron chi connectivity index (χ4n) is 5.23. The van der Waals surface area contributed by atoms with Crippen molar-refractivity contribution >= 4 is 5.91 Å². The van der Waals surface area contributed by atoms with Crippen molar-refractivity contribution in [3.63, 3.8) is 0 Å². The molecular formula is C22H20N2O2. The van der Waals surface area contributed by atoms with E-state index in [0.717, 1.165) is 36.0 Å². The largest absolute Gasteiger partial charge is 0.391 e. The number of benzene rings is 2. The summed E-state index contributed by atoms with van der Waals surface area (Å²) in [6.45, 7) is 0. The summed E-state index contributed by atoms with van der Waals surface area (Å²) in [5.74, 6) is 0.0688. The fourth-order valence-corrected chi connectivity index (χ4v) is 5.23. The van der Waals surface area contributed by atoms with E-state index in [-0.39, 0.29) is 17.9 Å². The Balaban J connectivity index is 1.64. The van der Waals surface area contributed by atoms with Gasteiger partial charge in [-0.1, -0.05) is 36.4 Å². The maximum atomic E-state index is 13.1. The van der Waals surface area contributed by atoms with Gasteiger partial charge in [0.25, 0.3) is 5.91 Å². The Morgan fingerprint density at radius 1 is 1.15 bits per heavy atom. The van der Waals surface area contributed by atoms with E-state index in [9.17, 15) is 15.2 Å². The van der Waals surface area contributed by atoms with Crippen LogP contribution in [0.4, 0.5) is 0 Å². The van der Waals surface area contributed by atoms with Gasteiger partial charge in [0.2, 0.25) is 0 Å². The molecule has 5 rings (SSSR count). The maximum absolute atomic E-state index is 13.1. The zero-order valence-electron chi connectivity index (χ0n) is 14.4. The lowest BCUT2D eigenvalue weighted by molar-refractivity contribution is -0.115. The van der Waals surface area contributed by atoms with Gasteiger partial charge >= 0.3 is 0 Å². The molecule has 0 unspecified atom stereocenters. The molecule has 0 bridgehead atoms. The third-order valence-corrected chi connectivity index (χ3v) is 6.40. The highest BCUT2D eigenvalue weighted by Crippen LogP contribution is 2.59. The first-order chi connectivity index (χ1) is 12.7. The van der Waals surface area contributed by atoms with E-state index in [4.69, 9.17) is 0 Å². The van der Waals surface area contributed by atoms with E-state index in [0.29, 0.717) is 12.0 Å². The molecule has 2 aliphatic carbocycles. The molecule has 2 aromatic carbocycles. The quantitative estimate of drug-likeness (QED) is 0.852. The van der Waals surface area contributed by atoms with Crippen molar-refractivity contribution in [1.82, 2.24) is 4.90 Å². The predicted octanol–water partition coefficient (Wildman–Crippen LogP) is 2.74. The van der Waals surface area contributed by atoms with Gasteiger partial charge in [0.15, 0.2) is 0 Å². The fraction of sp³-hybridized carbons (Fsp3) is 0.364. The van der Waals surface area contributed by atoms with Crippen LogP contribution in [0.1, 0.15) is 47.4 Å². The minimum absolute atomic E-state index is 0.0709. The second-order valence-electron chi connectivity index (χ2n) is 7.71. The van der Waals surface area contributed by atoms with Gasteiger partial charge in [-0.3, -0.25) is 4.79 Å². The molecule has 4 atom stereocenters. The summed E-state index contributed by atoms with van der Waals surface area (Å²) in [6, 6.07) is 18.0. The smallest absolute Gasteiger partial charge is 0.251 e. The highest BCUT2D eigenvalue weighted by Gasteiger charge is 2.72. The topological polar surface area (TPSA) is 64.1 Å². The summed E-state index contributed by atoms with van der Waals surface area (Å²) in [5, 5.41) is 19.7.